The van der Waals surface area contributed by atoms with Crippen LogP contribution in [0.2, 0.25) is 0 Å². The van der Waals surface area contributed by atoms with E-state index in [0.29, 0.717) is 11.5 Å². The van der Waals surface area contributed by atoms with E-state index < -0.39 is 11.6 Å². The zero-order valence-corrected chi connectivity index (χ0v) is 9.92. The molecule has 0 saturated carbocycles. The van der Waals surface area contributed by atoms with Gasteiger partial charge in [-0.3, -0.25) is 9.59 Å². The molecule has 90 valence electrons. The van der Waals surface area contributed by atoms with Crippen LogP contribution in [0.15, 0.2) is 54.6 Å². The lowest BCUT2D eigenvalue weighted by Gasteiger charge is -2.09. The van der Waals surface area contributed by atoms with Crippen LogP contribution < -0.4 is 4.74 Å². The van der Waals surface area contributed by atoms with Crippen molar-refractivity contribution in [2.75, 3.05) is 0 Å². The van der Waals surface area contributed by atoms with E-state index in [-0.39, 0.29) is 5.56 Å². The van der Waals surface area contributed by atoms with Crippen LogP contribution in [0.25, 0.3) is 0 Å². The molecule has 2 rings (SSSR count). The Balaban J connectivity index is 2.34. The lowest BCUT2D eigenvalue weighted by Crippen LogP contribution is -2.10. The third kappa shape index (κ3) is 2.63. The molecule has 0 N–H and O–H groups in total. The minimum atomic E-state index is -0.540. The minimum Gasteiger partial charge on any atom is -0.457 e. The predicted octanol–water partition coefficient (Wildman–Crippen LogP) is 3.25. The third-order valence-electron chi connectivity index (χ3n) is 2.42. The molecule has 3 heteroatoms. The largest absolute Gasteiger partial charge is 0.457 e. The molecule has 0 unspecified atom stereocenters. The quantitative estimate of drug-likeness (QED) is 0.608. The van der Waals surface area contributed by atoms with Crippen molar-refractivity contribution in [2.24, 2.45) is 0 Å². The molecule has 3 nitrogen and oxygen atoms in total. The summed E-state index contributed by atoms with van der Waals surface area (Å²) in [4.78, 5) is 22.9. The van der Waals surface area contributed by atoms with E-state index in [4.69, 9.17) is 4.74 Å². The van der Waals surface area contributed by atoms with Gasteiger partial charge in [-0.25, -0.2) is 0 Å². The van der Waals surface area contributed by atoms with Gasteiger partial charge in [0, 0.05) is 6.92 Å². The molecule has 0 fully saturated rings. The number of hydrogen-bond donors (Lipinski definition) is 0. The fourth-order valence-electron chi connectivity index (χ4n) is 1.55. The molecule has 0 bridgehead atoms. The number of hydrogen-bond acceptors (Lipinski definition) is 3. The minimum absolute atomic E-state index is 0.286. The summed E-state index contributed by atoms with van der Waals surface area (Å²) < 4.78 is 5.61. The highest BCUT2D eigenvalue weighted by Crippen LogP contribution is 2.25. The van der Waals surface area contributed by atoms with Gasteiger partial charge in [-0.05, 0) is 24.3 Å². The van der Waals surface area contributed by atoms with Gasteiger partial charge in [0.15, 0.2) is 5.78 Å². The van der Waals surface area contributed by atoms with E-state index in [1.54, 1.807) is 36.4 Å². The molecule has 0 aromatic heterocycles. The van der Waals surface area contributed by atoms with Gasteiger partial charge in [0.2, 0.25) is 5.78 Å². The van der Waals surface area contributed by atoms with Crippen LogP contribution in [0.1, 0.15) is 17.3 Å². The summed E-state index contributed by atoms with van der Waals surface area (Å²) in [5.74, 6) is -0.0224. The van der Waals surface area contributed by atoms with Crippen LogP contribution in [-0.4, -0.2) is 11.6 Å². The predicted molar refractivity (Wildman–Crippen MR) is 68.0 cm³/mol. The van der Waals surface area contributed by atoms with Crippen molar-refractivity contribution in [2.45, 2.75) is 6.92 Å². The molecular formula is C15H12O3. The second-order valence-electron chi connectivity index (χ2n) is 3.80. The van der Waals surface area contributed by atoms with E-state index in [9.17, 15) is 9.59 Å². The molecular weight excluding hydrogens is 228 g/mol. The van der Waals surface area contributed by atoms with Crippen LogP contribution in [0.5, 0.6) is 11.5 Å². The van der Waals surface area contributed by atoms with E-state index in [1.165, 1.54) is 6.92 Å². The summed E-state index contributed by atoms with van der Waals surface area (Å²) in [5, 5.41) is 0. The standard InChI is InChI=1S/C15H12O3/c1-11(16)15(17)13-9-5-6-10-14(13)18-12-7-3-2-4-8-12/h2-10H,1H3. The average Bonchev–Trinajstić information content (AvgIpc) is 2.39. The van der Waals surface area contributed by atoms with E-state index in [1.807, 2.05) is 18.2 Å². The first kappa shape index (κ1) is 12.0. The molecule has 0 saturated heterocycles. The number of para-hydroxylation sites is 2. The second kappa shape index (κ2) is 5.27. The van der Waals surface area contributed by atoms with Gasteiger partial charge in [-0.1, -0.05) is 30.3 Å². The maximum absolute atomic E-state index is 11.7. The van der Waals surface area contributed by atoms with Gasteiger partial charge in [0.1, 0.15) is 11.5 Å². The first-order chi connectivity index (χ1) is 8.68. The first-order valence-electron chi connectivity index (χ1n) is 5.55. The molecule has 18 heavy (non-hydrogen) atoms. The summed E-state index contributed by atoms with van der Waals surface area (Å²) in [6.07, 6.45) is 0. The number of ether oxygens (including phenoxy) is 1. The van der Waals surface area contributed by atoms with Crippen LogP contribution in [0, 0.1) is 0 Å². The molecule has 0 radical (unpaired) electrons. The van der Waals surface area contributed by atoms with E-state index in [0.717, 1.165) is 0 Å². The Morgan fingerprint density at radius 1 is 0.889 bits per heavy atom. The Labute approximate surface area is 105 Å². The Bertz CT molecular complexity index is 573. The number of rotatable bonds is 4. The highest BCUT2D eigenvalue weighted by molar-refractivity contribution is 6.43. The van der Waals surface area contributed by atoms with Gasteiger partial charge in [0.05, 0.1) is 5.56 Å². The Morgan fingerprint density at radius 3 is 2.17 bits per heavy atom. The second-order valence-corrected chi connectivity index (χ2v) is 3.80. The monoisotopic (exact) mass is 240 g/mol. The van der Waals surface area contributed by atoms with Crippen molar-refractivity contribution in [3.63, 3.8) is 0 Å². The van der Waals surface area contributed by atoms with Crippen molar-refractivity contribution in [3.8, 4) is 11.5 Å². The van der Waals surface area contributed by atoms with Crippen molar-refractivity contribution in [1.29, 1.82) is 0 Å². The average molecular weight is 240 g/mol. The van der Waals surface area contributed by atoms with Crippen molar-refractivity contribution < 1.29 is 14.3 Å². The topological polar surface area (TPSA) is 43.4 Å². The summed E-state index contributed by atoms with van der Waals surface area (Å²) in [6.45, 7) is 1.25. The Hall–Kier alpha value is -2.42. The summed E-state index contributed by atoms with van der Waals surface area (Å²) in [6, 6.07) is 15.8. The molecule has 0 spiro atoms. The Morgan fingerprint density at radius 2 is 1.50 bits per heavy atom. The number of ketones is 2. The molecule has 2 aromatic carbocycles. The number of carbonyl (C=O) groups is 2. The SMILES string of the molecule is CC(=O)C(=O)c1ccccc1Oc1ccccc1. The summed E-state index contributed by atoms with van der Waals surface area (Å²) >= 11 is 0. The van der Waals surface area contributed by atoms with Crippen LogP contribution >= 0.6 is 0 Å². The number of benzene rings is 2. The lowest BCUT2D eigenvalue weighted by molar-refractivity contribution is -0.113. The summed E-state index contributed by atoms with van der Waals surface area (Å²) in [5.41, 5.74) is 0.286. The molecule has 0 heterocycles. The maximum atomic E-state index is 11.7. The third-order valence-corrected chi connectivity index (χ3v) is 2.42. The lowest BCUT2D eigenvalue weighted by atomic mass is 10.1. The van der Waals surface area contributed by atoms with Crippen molar-refractivity contribution >= 4 is 11.6 Å². The van der Waals surface area contributed by atoms with E-state index in [2.05, 4.69) is 0 Å². The molecule has 0 aliphatic rings. The van der Waals surface area contributed by atoms with Crippen LogP contribution in [0.4, 0.5) is 0 Å². The van der Waals surface area contributed by atoms with Gasteiger partial charge in [-0.15, -0.1) is 0 Å². The highest BCUT2D eigenvalue weighted by atomic mass is 16.5. The van der Waals surface area contributed by atoms with Gasteiger partial charge in [-0.2, -0.15) is 0 Å². The molecule has 2 aromatic rings. The number of Topliss-reactive ketones (excluding diaryl/α,β-unsaturated/α-hetero) is 2. The fraction of sp³-hybridized carbons (Fsp3) is 0.0667. The van der Waals surface area contributed by atoms with Crippen molar-refractivity contribution in [1.82, 2.24) is 0 Å². The van der Waals surface area contributed by atoms with E-state index >= 15 is 0 Å². The van der Waals surface area contributed by atoms with Gasteiger partial charge in [0.25, 0.3) is 0 Å². The summed E-state index contributed by atoms with van der Waals surface area (Å²) in [7, 11) is 0. The fourth-order valence-corrected chi connectivity index (χ4v) is 1.55. The highest BCUT2D eigenvalue weighted by Gasteiger charge is 2.16. The van der Waals surface area contributed by atoms with Gasteiger partial charge >= 0.3 is 0 Å². The molecule has 0 aliphatic heterocycles. The molecule has 0 atom stereocenters. The Kier molecular flexibility index (Phi) is 3.53. The molecule has 0 amide bonds. The maximum Gasteiger partial charge on any atom is 0.232 e. The zero-order chi connectivity index (χ0) is 13.0. The molecule has 0 aliphatic carbocycles. The smallest absolute Gasteiger partial charge is 0.232 e. The van der Waals surface area contributed by atoms with Crippen LogP contribution in [0.3, 0.4) is 0 Å². The van der Waals surface area contributed by atoms with Gasteiger partial charge < -0.3 is 4.74 Å². The van der Waals surface area contributed by atoms with Crippen molar-refractivity contribution in [3.05, 3.63) is 60.2 Å². The zero-order valence-electron chi connectivity index (χ0n) is 9.92. The first-order valence-corrected chi connectivity index (χ1v) is 5.55. The normalized spacial score (nSPS) is 9.83. The van der Waals surface area contributed by atoms with Crippen LogP contribution in [-0.2, 0) is 4.79 Å². The number of carbonyl (C=O) groups excluding carboxylic acids is 2.